The van der Waals surface area contributed by atoms with Crippen LogP contribution in [-0.2, 0) is 16.1 Å². The first-order valence-electron chi connectivity index (χ1n) is 8.02. The fourth-order valence-electron chi connectivity index (χ4n) is 2.89. The molecular weight excluding hydrogens is 320 g/mol. The van der Waals surface area contributed by atoms with Crippen LogP contribution >= 0.6 is 0 Å². The summed E-state index contributed by atoms with van der Waals surface area (Å²) < 4.78 is 10.6. The molecule has 6 heteroatoms. The monoisotopic (exact) mass is 340 g/mol. The number of ether oxygens (including phenoxy) is 2. The number of carbonyl (C=O) groups excluding carboxylic acids is 2. The summed E-state index contributed by atoms with van der Waals surface area (Å²) in [6.07, 6.45) is -0.580. The Morgan fingerprint density at radius 3 is 2.80 bits per heavy atom. The quantitative estimate of drug-likeness (QED) is 0.862. The zero-order valence-electron chi connectivity index (χ0n) is 14.2. The fourth-order valence-corrected chi connectivity index (χ4v) is 2.89. The van der Waals surface area contributed by atoms with Gasteiger partial charge >= 0.3 is 5.97 Å². The van der Waals surface area contributed by atoms with E-state index in [0.29, 0.717) is 24.4 Å². The van der Waals surface area contributed by atoms with Crippen LogP contribution in [0.5, 0.6) is 5.75 Å². The van der Waals surface area contributed by atoms with Crippen molar-refractivity contribution < 1.29 is 19.1 Å². The van der Waals surface area contributed by atoms with Crippen molar-refractivity contribution >= 4 is 17.6 Å². The van der Waals surface area contributed by atoms with Crippen molar-refractivity contribution in [1.82, 2.24) is 5.32 Å². The number of nitrogens with one attached hydrogen (secondary N) is 1. The van der Waals surface area contributed by atoms with Gasteiger partial charge in [0.1, 0.15) is 5.75 Å². The number of esters is 1. The van der Waals surface area contributed by atoms with Gasteiger partial charge in [-0.05, 0) is 29.8 Å². The molecule has 0 radical (unpaired) electrons. The minimum Gasteiger partial charge on any atom is -0.477 e. The zero-order valence-corrected chi connectivity index (χ0v) is 14.2. The average molecular weight is 340 g/mol. The maximum atomic E-state index is 12.0. The number of methoxy groups -OCH3 is 1. The largest absolute Gasteiger partial charge is 0.477 e. The minimum atomic E-state index is -0.580. The van der Waals surface area contributed by atoms with E-state index in [-0.39, 0.29) is 11.9 Å². The number of benzene rings is 2. The molecule has 1 aliphatic rings. The minimum absolute atomic E-state index is 0.164. The molecule has 0 fully saturated rings. The number of likely N-dealkylation sites (N-methyl/N-ethyl adjacent to an activating group) is 1. The SMILES string of the molecule is CNC(=O)[C@@H]1CN(Cc2cccc(C(=O)OC)c2)c2ccccc2O1. The Bertz CT molecular complexity index is 790. The van der Waals surface area contributed by atoms with Crippen LogP contribution in [0, 0.1) is 0 Å². The molecule has 0 aromatic heterocycles. The summed E-state index contributed by atoms with van der Waals surface area (Å²) in [7, 11) is 2.96. The molecule has 0 bridgehead atoms. The highest BCUT2D eigenvalue weighted by molar-refractivity contribution is 5.89. The molecule has 2 aromatic rings. The molecule has 1 atom stereocenters. The number of para-hydroxylation sites is 2. The molecule has 0 unspecified atom stereocenters. The maximum Gasteiger partial charge on any atom is 0.337 e. The third-order valence-electron chi connectivity index (χ3n) is 4.12. The molecule has 0 saturated carbocycles. The van der Waals surface area contributed by atoms with Crippen LogP contribution in [0.4, 0.5) is 5.69 Å². The Balaban J connectivity index is 1.88. The van der Waals surface area contributed by atoms with Crippen LogP contribution in [0.3, 0.4) is 0 Å². The highest BCUT2D eigenvalue weighted by Crippen LogP contribution is 2.34. The molecule has 1 aliphatic heterocycles. The molecule has 1 N–H and O–H groups in total. The Morgan fingerprint density at radius 1 is 1.24 bits per heavy atom. The van der Waals surface area contributed by atoms with Gasteiger partial charge in [-0.1, -0.05) is 24.3 Å². The third kappa shape index (κ3) is 3.57. The molecule has 3 rings (SSSR count). The van der Waals surface area contributed by atoms with E-state index in [1.807, 2.05) is 36.4 Å². The molecule has 130 valence electrons. The molecule has 0 spiro atoms. The lowest BCUT2D eigenvalue weighted by Gasteiger charge is -2.35. The van der Waals surface area contributed by atoms with Gasteiger partial charge in [-0.3, -0.25) is 4.79 Å². The van der Waals surface area contributed by atoms with Gasteiger partial charge in [-0.2, -0.15) is 0 Å². The van der Waals surface area contributed by atoms with Crippen molar-refractivity contribution in [2.24, 2.45) is 0 Å². The highest BCUT2D eigenvalue weighted by Gasteiger charge is 2.30. The highest BCUT2D eigenvalue weighted by atomic mass is 16.5. The molecule has 6 nitrogen and oxygen atoms in total. The topological polar surface area (TPSA) is 67.9 Å². The third-order valence-corrected chi connectivity index (χ3v) is 4.12. The van der Waals surface area contributed by atoms with Gasteiger partial charge in [0.15, 0.2) is 6.10 Å². The van der Waals surface area contributed by atoms with Crippen LogP contribution in [0.25, 0.3) is 0 Å². The smallest absolute Gasteiger partial charge is 0.337 e. The van der Waals surface area contributed by atoms with Gasteiger partial charge in [0.25, 0.3) is 5.91 Å². The van der Waals surface area contributed by atoms with Gasteiger partial charge < -0.3 is 19.7 Å². The molecule has 1 amide bonds. The first-order valence-corrected chi connectivity index (χ1v) is 8.02. The standard InChI is InChI=1S/C19H20N2O4/c1-20-18(22)17-12-21(15-8-3-4-9-16(15)25-17)11-13-6-5-7-14(10-13)19(23)24-2/h3-10,17H,11-12H2,1-2H3,(H,20,22)/t17-/m0/s1. The van der Waals surface area contributed by atoms with Crippen molar-refractivity contribution in [2.75, 3.05) is 25.6 Å². The summed E-state index contributed by atoms with van der Waals surface area (Å²) in [5.74, 6) is 0.141. The number of carbonyl (C=O) groups is 2. The van der Waals surface area contributed by atoms with Gasteiger partial charge in [0.2, 0.25) is 0 Å². The summed E-state index contributed by atoms with van der Waals surface area (Å²) in [5.41, 5.74) is 2.38. The van der Waals surface area contributed by atoms with E-state index < -0.39 is 6.10 Å². The number of anilines is 1. The molecular formula is C19H20N2O4. The number of nitrogens with zero attached hydrogens (tertiary/aromatic N) is 1. The van der Waals surface area contributed by atoms with Crippen molar-refractivity contribution in [2.45, 2.75) is 12.6 Å². The Hall–Kier alpha value is -3.02. The average Bonchev–Trinajstić information content (AvgIpc) is 2.66. The van der Waals surface area contributed by atoms with E-state index in [9.17, 15) is 9.59 Å². The summed E-state index contributed by atoms with van der Waals surface area (Å²) in [4.78, 5) is 25.8. The first kappa shape index (κ1) is 16.8. The van der Waals surface area contributed by atoms with E-state index in [0.717, 1.165) is 11.3 Å². The number of fused-ring (bicyclic) bond motifs is 1. The van der Waals surface area contributed by atoms with Crippen molar-refractivity contribution in [3.8, 4) is 5.75 Å². The fraction of sp³-hybridized carbons (Fsp3) is 0.263. The second-order valence-corrected chi connectivity index (χ2v) is 5.76. The van der Waals surface area contributed by atoms with Gasteiger partial charge in [0, 0.05) is 13.6 Å². The predicted molar refractivity (Wildman–Crippen MR) is 93.8 cm³/mol. The number of hydrogen-bond donors (Lipinski definition) is 1. The van der Waals surface area contributed by atoms with Crippen molar-refractivity contribution in [3.05, 3.63) is 59.7 Å². The van der Waals surface area contributed by atoms with Crippen molar-refractivity contribution in [1.29, 1.82) is 0 Å². The Labute approximate surface area is 146 Å². The summed E-state index contributed by atoms with van der Waals surface area (Å²) in [6.45, 7) is 0.984. The second-order valence-electron chi connectivity index (χ2n) is 5.76. The van der Waals surface area contributed by atoms with E-state index in [2.05, 4.69) is 10.2 Å². The lowest BCUT2D eigenvalue weighted by Crippen LogP contribution is -2.47. The lowest BCUT2D eigenvalue weighted by atomic mass is 10.1. The molecule has 25 heavy (non-hydrogen) atoms. The number of hydrogen-bond acceptors (Lipinski definition) is 5. The number of rotatable bonds is 4. The normalized spacial score (nSPS) is 15.8. The van der Waals surface area contributed by atoms with E-state index in [4.69, 9.17) is 9.47 Å². The summed E-state index contributed by atoms with van der Waals surface area (Å²) in [6, 6.07) is 14.9. The Morgan fingerprint density at radius 2 is 2.04 bits per heavy atom. The Kier molecular flexibility index (Phi) is 4.88. The summed E-state index contributed by atoms with van der Waals surface area (Å²) >= 11 is 0. The van der Waals surface area contributed by atoms with Crippen molar-refractivity contribution in [3.63, 3.8) is 0 Å². The zero-order chi connectivity index (χ0) is 17.8. The first-order chi connectivity index (χ1) is 12.1. The van der Waals surface area contributed by atoms with Crippen LogP contribution in [0.15, 0.2) is 48.5 Å². The van der Waals surface area contributed by atoms with E-state index >= 15 is 0 Å². The lowest BCUT2D eigenvalue weighted by molar-refractivity contribution is -0.127. The molecule has 0 aliphatic carbocycles. The second kappa shape index (κ2) is 7.25. The maximum absolute atomic E-state index is 12.0. The van der Waals surface area contributed by atoms with E-state index in [1.54, 1.807) is 19.2 Å². The van der Waals surface area contributed by atoms with Gasteiger partial charge in [-0.25, -0.2) is 4.79 Å². The summed E-state index contributed by atoms with van der Waals surface area (Å²) in [5, 5.41) is 2.63. The van der Waals surface area contributed by atoms with Crippen LogP contribution in [-0.4, -0.2) is 38.7 Å². The van der Waals surface area contributed by atoms with Crippen LogP contribution in [0.1, 0.15) is 15.9 Å². The van der Waals surface area contributed by atoms with Gasteiger partial charge in [0.05, 0.1) is 24.9 Å². The molecule has 1 heterocycles. The van der Waals surface area contributed by atoms with Crippen LogP contribution in [0.2, 0.25) is 0 Å². The number of amides is 1. The molecule has 2 aromatic carbocycles. The van der Waals surface area contributed by atoms with Crippen LogP contribution < -0.4 is 15.0 Å². The van der Waals surface area contributed by atoms with Gasteiger partial charge in [-0.15, -0.1) is 0 Å². The molecule has 0 saturated heterocycles. The predicted octanol–water partition coefficient (Wildman–Crippen LogP) is 1.99. The van der Waals surface area contributed by atoms with E-state index in [1.165, 1.54) is 7.11 Å².